The Balaban J connectivity index is 2.35. The van der Waals surface area contributed by atoms with Crippen LogP contribution in [0.15, 0.2) is 36.5 Å². The molecule has 84 valence electrons. The Morgan fingerprint density at radius 2 is 2.18 bits per heavy atom. The second kappa shape index (κ2) is 4.62. The summed E-state index contributed by atoms with van der Waals surface area (Å²) in [6.45, 7) is 1.81. The molecule has 0 unspecified atom stereocenters. The molecule has 1 N–H and O–H groups in total. The van der Waals surface area contributed by atoms with Crippen LogP contribution >= 0.6 is 0 Å². The van der Waals surface area contributed by atoms with Gasteiger partial charge in [0.2, 0.25) is 0 Å². The van der Waals surface area contributed by atoms with E-state index < -0.39 is 0 Å². The van der Waals surface area contributed by atoms with Gasteiger partial charge in [-0.2, -0.15) is 5.26 Å². The minimum absolute atomic E-state index is 0.339. The molecule has 4 heteroatoms. The highest BCUT2D eigenvalue weighted by Crippen LogP contribution is 2.22. The van der Waals surface area contributed by atoms with Crippen molar-refractivity contribution >= 4 is 11.5 Å². The smallest absolute Gasteiger partial charge is 0.146 e. The van der Waals surface area contributed by atoms with Gasteiger partial charge in [-0.3, -0.25) is 0 Å². The fourth-order valence-electron chi connectivity index (χ4n) is 1.49. The Hall–Kier alpha value is -2.41. The molecule has 17 heavy (non-hydrogen) atoms. The third-order valence-electron chi connectivity index (χ3n) is 2.36. The van der Waals surface area contributed by atoms with Crippen LogP contribution < -0.4 is 5.32 Å². The van der Waals surface area contributed by atoms with Crippen molar-refractivity contribution in [1.82, 2.24) is 4.98 Å². The summed E-state index contributed by atoms with van der Waals surface area (Å²) in [4.78, 5) is 4.04. The van der Waals surface area contributed by atoms with Gasteiger partial charge in [-0.05, 0) is 30.7 Å². The molecule has 0 aliphatic heterocycles. The van der Waals surface area contributed by atoms with Crippen LogP contribution in [0.5, 0.6) is 0 Å². The first kappa shape index (κ1) is 11.1. The number of rotatable bonds is 2. The highest BCUT2D eigenvalue weighted by Gasteiger charge is 2.06. The second-order valence-corrected chi connectivity index (χ2v) is 3.60. The number of nitrogens with zero attached hydrogens (tertiary/aromatic N) is 2. The Morgan fingerprint density at radius 3 is 2.88 bits per heavy atom. The monoisotopic (exact) mass is 227 g/mol. The lowest BCUT2D eigenvalue weighted by Crippen LogP contribution is -1.98. The van der Waals surface area contributed by atoms with E-state index >= 15 is 0 Å². The Morgan fingerprint density at radius 1 is 1.35 bits per heavy atom. The molecule has 3 nitrogen and oxygen atoms in total. The summed E-state index contributed by atoms with van der Waals surface area (Å²) < 4.78 is 13.6. The number of aromatic nitrogens is 1. The zero-order chi connectivity index (χ0) is 12.3. The van der Waals surface area contributed by atoms with Crippen LogP contribution in [0.1, 0.15) is 11.1 Å². The van der Waals surface area contributed by atoms with E-state index in [2.05, 4.69) is 10.3 Å². The quantitative estimate of drug-likeness (QED) is 0.857. The Bertz CT molecular complexity index is 567. The molecule has 0 radical (unpaired) electrons. The normalized spacial score (nSPS) is 9.71. The summed E-state index contributed by atoms with van der Waals surface area (Å²) in [5, 5.41) is 11.6. The molecule has 0 spiro atoms. The summed E-state index contributed by atoms with van der Waals surface area (Å²) in [6.07, 6.45) is 1.51. The van der Waals surface area contributed by atoms with Gasteiger partial charge in [0.25, 0.3) is 0 Å². The zero-order valence-electron chi connectivity index (χ0n) is 9.24. The van der Waals surface area contributed by atoms with Crippen molar-refractivity contribution in [3.05, 3.63) is 53.5 Å². The number of hydrogen-bond acceptors (Lipinski definition) is 3. The van der Waals surface area contributed by atoms with Crippen molar-refractivity contribution in [2.45, 2.75) is 6.92 Å². The van der Waals surface area contributed by atoms with Crippen LogP contribution in [0.4, 0.5) is 15.9 Å². The number of pyridine rings is 1. The summed E-state index contributed by atoms with van der Waals surface area (Å²) in [7, 11) is 0. The van der Waals surface area contributed by atoms with E-state index in [1.54, 1.807) is 31.2 Å². The maximum absolute atomic E-state index is 13.6. The summed E-state index contributed by atoms with van der Waals surface area (Å²) in [5.74, 6) is 0.117. The van der Waals surface area contributed by atoms with Gasteiger partial charge in [0.15, 0.2) is 0 Å². The van der Waals surface area contributed by atoms with Gasteiger partial charge >= 0.3 is 0 Å². The van der Waals surface area contributed by atoms with Crippen LogP contribution in [0.25, 0.3) is 0 Å². The van der Waals surface area contributed by atoms with E-state index in [4.69, 9.17) is 5.26 Å². The van der Waals surface area contributed by atoms with E-state index in [9.17, 15) is 4.39 Å². The molecule has 0 bridgehead atoms. The molecule has 0 atom stereocenters. The fraction of sp³-hybridized carbons (Fsp3) is 0.0769. The molecule has 0 aliphatic rings. The van der Waals surface area contributed by atoms with Crippen molar-refractivity contribution in [2.24, 2.45) is 0 Å². The van der Waals surface area contributed by atoms with Crippen LogP contribution in [-0.2, 0) is 0 Å². The van der Waals surface area contributed by atoms with Crippen molar-refractivity contribution in [3.8, 4) is 6.07 Å². The van der Waals surface area contributed by atoms with Crippen molar-refractivity contribution in [2.75, 3.05) is 5.32 Å². The first-order valence-corrected chi connectivity index (χ1v) is 5.09. The molecular weight excluding hydrogens is 217 g/mol. The highest BCUT2D eigenvalue weighted by molar-refractivity contribution is 5.61. The number of aryl methyl sites for hydroxylation is 1. The average Bonchev–Trinajstić information content (AvgIpc) is 2.34. The molecule has 2 aromatic rings. The van der Waals surface area contributed by atoms with E-state index in [-0.39, 0.29) is 5.82 Å². The maximum atomic E-state index is 13.6. The van der Waals surface area contributed by atoms with Crippen LogP contribution in [-0.4, -0.2) is 4.98 Å². The van der Waals surface area contributed by atoms with E-state index in [1.165, 1.54) is 12.3 Å². The standard InChI is InChI=1S/C13H10FN3/c1-9-3-2-4-11(14)13(9)17-12-7-10(8-15)5-6-16-12/h2-7H,1H3,(H,16,17). The molecular formula is C13H10FN3. The topological polar surface area (TPSA) is 48.7 Å². The Labute approximate surface area is 98.5 Å². The number of nitriles is 1. The van der Waals surface area contributed by atoms with Gasteiger partial charge in [0, 0.05) is 6.20 Å². The van der Waals surface area contributed by atoms with E-state index in [0.29, 0.717) is 17.1 Å². The molecule has 0 fully saturated rings. The summed E-state index contributed by atoms with van der Waals surface area (Å²) >= 11 is 0. The van der Waals surface area contributed by atoms with Crippen molar-refractivity contribution in [3.63, 3.8) is 0 Å². The average molecular weight is 227 g/mol. The number of halogens is 1. The minimum Gasteiger partial charge on any atom is -0.338 e. The van der Waals surface area contributed by atoms with Gasteiger partial charge in [-0.1, -0.05) is 12.1 Å². The largest absolute Gasteiger partial charge is 0.338 e. The molecule has 2 rings (SSSR count). The second-order valence-electron chi connectivity index (χ2n) is 3.60. The number of benzene rings is 1. The SMILES string of the molecule is Cc1cccc(F)c1Nc1cc(C#N)ccn1. The number of hydrogen-bond donors (Lipinski definition) is 1. The summed E-state index contributed by atoms with van der Waals surface area (Å²) in [5.41, 5.74) is 1.65. The third kappa shape index (κ3) is 2.40. The summed E-state index contributed by atoms with van der Waals surface area (Å²) in [6, 6.07) is 10.0. The predicted molar refractivity (Wildman–Crippen MR) is 63.4 cm³/mol. The molecule has 0 aliphatic carbocycles. The first-order chi connectivity index (χ1) is 8.20. The third-order valence-corrected chi connectivity index (χ3v) is 2.36. The van der Waals surface area contributed by atoms with Gasteiger partial charge in [0.1, 0.15) is 11.6 Å². The zero-order valence-corrected chi connectivity index (χ0v) is 9.24. The lowest BCUT2D eigenvalue weighted by Gasteiger charge is -2.09. The predicted octanol–water partition coefficient (Wildman–Crippen LogP) is 3.14. The number of para-hydroxylation sites is 1. The first-order valence-electron chi connectivity index (χ1n) is 5.09. The van der Waals surface area contributed by atoms with Crippen LogP contribution in [0.3, 0.4) is 0 Å². The van der Waals surface area contributed by atoms with Crippen LogP contribution in [0, 0.1) is 24.1 Å². The number of anilines is 2. The van der Waals surface area contributed by atoms with E-state index in [1.807, 2.05) is 6.07 Å². The van der Waals surface area contributed by atoms with Gasteiger partial charge < -0.3 is 5.32 Å². The molecule has 1 aromatic carbocycles. The maximum Gasteiger partial charge on any atom is 0.146 e. The van der Waals surface area contributed by atoms with Gasteiger partial charge in [0.05, 0.1) is 17.3 Å². The fourth-order valence-corrected chi connectivity index (χ4v) is 1.49. The lowest BCUT2D eigenvalue weighted by atomic mass is 10.2. The molecule has 0 amide bonds. The molecule has 0 saturated carbocycles. The van der Waals surface area contributed by atoms with E-state index in [0.717, 1.165) is 5.56 Å². The highest BCUT2D eigenvalue weighted by atomic mass is 19.1. The van der Waals surface area contributed by atoms with Gasteiger partial charge in [-0.15, -0.1) is 0 Å². The lowest BCUT2D eigenvalue weighted by molar-refractivity contribution is 0.631. The molecule has 1 heterocycles. The molecule has 1 aromatic heterocycles. The molecule has 0 saturated heterocycles. The van der Waals surface area contributed by atoms with Crippen molar-refractivity contribution in [1.29, 1.82) is 5.26 Å². The van der Waals surface area contributed by atoms with Crippen molar-refractivity contribution < 1.29 is 4.39 Å². The minimum atomic E-state index is -0.339. The number of nitrogens with one attached hydrogen (secondary N) is 1. The van der Waals surface area contributed by atoms with Gasteiger partial charge in [-0.25, -0.2) is 9.37 Å². The Kier molecular flexibility index (Phi) is 3.01. The van der Waals surface area contributed by atoms with Crippen LogP contribution in [0.2, 0.25) is 0 Å².